The third-order valence-corrected chi connectivity index (χ3v) is 10.1. The molecule has 10 rings (SSSR count). The highest BCUT2D eigenvalue weighted by atomic mass is 15.1. The van der Waals surface area contributed by atoms with E-state index in [9.17, 15) is 0 Å². The Bertz CT molecular complexity index is 2870. The van der Waals surface area contributed by atoms with Gasteiger partial charge in [-0.2, -0.15) is 0 Å². The van der Waals surface area contributed by atoms with Crippen molar-refractivity contribution >= 4 is 39.1 Å². The van der Waals surface area contributed by atoms with E-state index in [0.29, 0.717) is 12.3 Å². The van der Waals surface area contributed by atoms with E-state index in [1.807, 2.05) is 24.4 Å². The Morgan fingerprint density at radius 3 is 1.87 bits per heavy atom. The highest BCUT2D eigenvalue weighted by molar-refractivity contribution is 6.15. The maximum atomic E-state index is 5.39. The maximum absolute atomic E-state index is 5.39. The normalized spacial score (nSPS) is 14.4. The minimum atomic E-state index is -0.112. The molecule has 0 aliphatic carbocycles. The van der Waals surface area contributed by atoms with Gasteiger partial charge in [-0.05, 0) is 63.7 Å². The largest absolute Gasteiger partial charge is 0.284 e. The summed E-state index contributed by atoms with van der Waals surface area (Å²) in [6, 6.07) is 61.4. The van der Waals surface area contributed by atoms with Crippen LogP contribution in [0.25, 0.3) is 61.1 Å². The summed E-state index contributed by atoms with van der Waals surface area (Å²) in [5.74, 6) is 0.716. The lowest BCUT2D eigenvalue weighted by Gasteiger charge is -2.22. The number of imidazole rings is 1. The highest BCUT2D eigenvalue weighted by Crippen LogP contribution is 2.35. The molecular weight excluding hydrogens is 647 g/mol. The van der Waals surface area contributed by atoms with E-state index in [1.165, 1.54) is 22.3 Å². The Morgan fingerprint density at radius 1 is 0.472 bits per heavy atom. The monoisotopic (exact) mass is 679 g/mol. The van der Waals surface area contributed by atoms with E-state index in [1.54, 1.807) is 0 Å². The van der Waals surface area contributed by atoms with Crippen molar-refractivity contribution in [2.75, 3.05) is 0 Å². The smallest absolute Gasteiger partial charge is 0.165 e. The van der Waals surface area contributed by atoms with Crippen LogP contribution in [-0.2, 0) is 0 Å². The molecule has 0 saturated heterocycles. The quantitative estimate of drug-likeness (QED) is 0.176. The first-order valence-electron chi connectivity index (χ1n) is 18.0. The standard InChI is InChI=1S/C48H33N5/c1-3-14-32(15-4-1)34-18-11-20-36(28-34)42-31-43(37-21-12-19-35(29-37)33-16-5-2-6-17-33)50-47(49-42)39-23-13-22-38(30-39)45-40-24-7-8-25-41(40)46-48(52-45)53-27-10-9-26-44(53)51-46/h1-30,42H,31H2. The Labute approximate surface area is 307 Å². The van der Waals surface area contributed by atoms with Crippen LogP contribution in [0.3, 0.4) is 0 Å². The number of rotatable bonds is 6. The van der Waals surface area contributed by atoms with Crippen molar-refractivity contribution in [1.82, 2.24) is 14.4 Å². The van der Waals surface area contributed by atoms with Crippen LogP contribution in [0.15, 0.2) is 192 Å². The number of nitrogens with zero attached hydrogens (tertiary/aromatic N) is 5. The average Bonchev–Trinajstić information content (AvgIpc) is 3.63. The summed E-state index contributed by atoms with van der Waals surface area (Å²) in [7, 11) is 0. The molecule has 4 heterocycles. The molecule has 0 spiro atoms. The fraction of sp³-hybridized carbons (Fsp3) is 0.0417. The molecular formula is C48H33N5. The van der Waals surface area contributed by atoms with E-state index in [2.05, 4.69) is 162 Å². The Morgan fingerprint density at radius 2 is 1.08 bits per heavy atom. The van der Waals surface area contributed by atoms with Crippen LogP contribution in [0, 0.1) is 0 Å². The number of amidine groups is 1. The summed E-state index contributed by atoms with van der Waals surface area (Å²) in [6.45, 7) is 0. The zero-order valence-corrected chi connectivity index (χ0v) is 28.8. The molecule has 0 radical (unpaired) electrons. The molecule has 0 bridgehead atoms. The third-order valence-electron chi connectivity index (χ3n) is 10.1. The molecule has 9 aromatic rings. The topological polar surface area (TPSA) is 54.9 Å². The minimum absolute atomic E-state index is 0.112. The van der Waals surface area contributed by atoms with Gasteiger partial charge in [0, 0.05) is 34.5 Å². The van der Waals surface area contributed by atoms with Crippen molar-refractivity contribution in [3.63, 3.8) is 0 Å². The molecule has 1 aliphatic heterocycles. The van der Waals surface area contributed by atoms with Crippen molar-refractivity contribution in [3.8, 4) is 33.5 Å². The van der Waals surface area contributed by atoms with Gasteiger partial charge in [0.25, 0.3) is 0 Å². The van der Waals surface area contributed by atoms with Gasteiger partial charge in [0.2, 0.25) is 0 Å². The van der Waals surface area contributed by atoms with Crippen LogP contribution >= 0.6 is 0 Å². The Kier molecular flexibility index (Phi) is 7.54. The lowest BCUT2D eigenvalue weighted by atomic mass is 9.92. The Balaban J connectivity index is 1.12. The van der Waals surface area contributed by atoms with Gasteiger partial charge in [-0.3, -0.25) is 9.39 Å². The van der Waals surface area contributed by atoms with Gasteiger partial charge >= 0.3 is 0 Å². The first-order valence-corrected chi connectivity index (χ1v) is 18.0. The van der Waals surface area contributed by atoms with Gasteiger partial charge in [-0.1, -0.05) is 146 Å². The summed E-state index contributed by atoms with van der Waals surface area (Å²) in [4.78, 5) is 20.9. The zero-order valence-electron chi connectivity index (χ0n) is 28.8. The second kappa shape index (κ2) is 13.0. The summed E-state index contributed by atoms with van der Waals surface area (Å²) in [6.07, 6.45) is 2.72. The van der Waals surface area contributed by atoms with Gasteiger partial charge in [0.05, 0.1) is 17.4 Å². The van der Waals surface area contributed by atoms with Crippen LogP contribution in [0.1, 0.15) is 29.2 Å². The zero-order chi connectivity index (χ0) is 35.1. The molecule has 5 nitrogen and oxygen atoms in total. The van der Waals surface area contributed by atoms with Crippen LogP contribution in [0.2, 0.25) is 0 Å². The van der Waals surface area contributed by atoms with Crippen LogP contribution in [-0.4, -0.2) is 25.9 Å². The molecule has 5 heteroatoms. The lowest BCUT2D eigenvalue weighted by Crippen LogP contribution is -2.17. The van der Waals surface area contributed by atoms with Crippen LogP contribution in [0.4, 0.5) is 0 Å². The number of hydrogen-bond acceptors (Lipinski definition) is 4. The number of pyridine rings is 2. The number of benzene rings is 6. The van der Waals surface area contributed by atoms with E-state index in [4.69, 9.17) is 20.0 Å². The molecule has 6 aromatic carbocycles. The summed E-state index contributed by atoms with van der Waals surface area (Å²) < 4.78 is 2.06. The fourth-order valence-corrected chi connectivity index (χ4v) is 7.52. The third kappa shape index (κ3) is 5.69. The van der Waals surface area contributed by atoms with Gasteiger partial charge in [0.1, 0.15) is 11.2 Å². The molecule has 1 unspecified atom stereocenters. The highest BCUT2D eigenvalue weighted by Gasteiger charge is 2.24. The number of fused-ring (bicyclic) bond motifs is 5. The Hall–Kier alpha value is -6.98. The fourth-order valence-electron chi connectivity index (χ4n) is 7.52. The van der Waals surface area contributed by atoms with E-state index >= 15 is 0 Å². The number of aliphatic imine (C=N–C) groups is 2. The van der Waals surface area contributed by atoms with Gasteiger partial charge in [-0.15, -0.1) is 0 Å². The first kappa shape index (κ1) is 30.8. The predicted molar refractivity (Wildman–Crippen MR) is 218 cm³/mol. The second-order valence-corrected chi connectivity index (χ2v) is 13.5. The SMILES string of the molecule is c1ccc(-c2cccc(C3=NC(c4cccc(-c5nc6c(nc7ccccn76)c6ccccc56)c4)=NC(c4cccc(-c5ccccc5)c4)C3)c2)cc1. The van der Waals surface area contributed by atoms with Crippen molar-refractivity contribution in [1.29, 1.82) is 0 Å². The molecule has 1 aliphatic rings. The average molecular weight is 680 g/mol. The van der Waals surface area contributed by atoms with E-state index in [0.717, 1.165) is 61.2 Å². The molecule has 250 valence electrons. The number of aromatic nitrogens is 3. The van der Waals surface area contributed by atoms with Crippen molar-refractivity contribution in [2.45, 2.75) is 12.5 Å². The molecule has 0 saturated carbocycles. The summed E-state index contributed by atoms with van der Waals surface area (Å²) >= 11 is 0. The lowest BCUT2D eigenvalue weighted by molar-refractivity contribution is 0.754. The molecule has 1 atom stereocenters. The molecule has 0 N–H and O–H groups in total. The molecule has 0 amide bonds. The van der Waals surface area contributed by atoms with E-state index in [-0.39, 0.29) is 6.04 Å². The first-order chi connectivity index (χ1) is 26.2. The second-order valence-electron chi connectivity index (χ2n) is 13.5. The summed E-state index contributed by atoms with van der Waals surface area (Å²) in [5.41, 5.74) is 13.5. The minimum Gasteiger partial charge on any atom is -0.284 e. The maximum Gasteiger partial charge on any atom is 0.165 e. The van der Waals surface area contributed by atoms with Crippen LogP contribution in [0.5, 0.6) is 0 Å². The molecule has 3 aromatic heterocycles. The van der Waals surface area contributed by atoms with Crippen molar-refractivity contribution in [3.05, 3.63) is 199 Å². The van der Waals surface area contributed by atoms with Gasteiger partial charge in [-0.25, -0.2) is 15.0 Å². The van der Waals surface area contributed by atoms with Crippen molar-refractivity contribution in [2.24, 2.45) is 9.98 Å². The van der Waals surface area contributed by atoms with Gasteiger partial charge < -0.3 is 0 Å². The summed E-state index contributed by atoms with van der Waals surface area (Å²) in [5, 5.41) is 2.14. The molecule has 0 fully saturated rings. The van der Waals surface area contributed by atoms with Gasteiger partial charge in [0.15, 0.2) is 11.5 Å². The number of hydrogen-bond donors (Lipinski definition) is 0. The van der Waals surface area contributed by atoms with E-state index < -0.39 is 0 Å². The predicted octanol–water partition coefficient (Wildman–Crippen LogP) is 11.4. The van der Waals surface area contributed by atoms with Crippen LogP contribution < -0.4 is 0 Å². The van der Waals surface area contributed by atoms with Crippen molar-refractivity contribution < 1.29 is 0 Å². The molecule has 53 heavy (non-hydrogen) atoms.